The van der Waals surface area contributed by atoms with E-state index >= 15 is 0 Å². The van der Waals surface area contributed by atoms with Crippen LogP contribution in [0.4, 0.5) is 5.13 Å². The van der Waals surface area contributed by atoms with Gasteiger partial charge in [0.1, 0.15) is 0 Å². The van der Waals surface area contributed by atoms with Crippen molar-refractivity contribution in [1.82, 2.24) is 4.98 Å². The third-order valence-corrected chi connectivity index (χ3v) is 4.02. The molecule has 0 spiro atoms. The molecule has 2 N–H and O–H groups in total. The van der Waals surface area contributed by atoms with Crippen molar-refractivity contribution in [3.63, 3.8) is 0 Å². The van der Waals surface area contributed by atoms with Crippen molar-refractivity contribution in [1.29, 1.82) is 0 Å². The Labute approximate surface area is 121 Å². The molecule has 0 atom stereocenters. The van der Waals surface area contributed by atoms with Crippen molar-refractivity contribution < 1.29 is 4.74 Å². The van der Waals surface area contributed by atoms with Gasteiger partial charge in [0.2, 0.25) is 0 Å². The summed E-state index contributed by atoms with van der Waals surface area (Å²) in [6.07, 6.45) is 0. The van der Waals surface area contributed by atoms with E-state index in [2.05, 4.69) is 32.6 Å². The van der Waals surface area contributed by atoms with Gasteiger partial charge in [0.05, 0.1) is 12.3 Å². The Balaban J connectivity index is 2.94. The summed E-state index contributed by atoms with van der Waals surface area (Å²) in [6.45, 7) is 12.0. The normalized spacial score (nSPS) is 11.6. The molecule has 0 aliphatic carbocycles. The monoisotopic (exact) mass is 285 g/mol. The van der Waals surface area contributed by atoms with E-state index in [1.807, 2.05) is 0 Å². The van der Waals surface area contributed by atoms with Gasteiger partial charge < -0.3 is 15.4 Å². The zero-order valence-electron chi connectivity index (χ0n) is 12.8. The molecule has 1 aromatic heterocycles. The van der Waals surface area contributed by atoms with E-state index in [1.165, 1.54) is 4.88 Å². The van der Waals surface area contributed by atoms with Crippen LogP contribution >= 0.6 is 11.3 Å². The molecular weight excluding hydrogens is 258 g/mol. The summed E-state index contributed by atoms with van der Waals surface area (Å²) < 4.78 is 5.20. The van der Waals surface area contributed by atoms with E-state index in [0.29, 0.717) is 18.4 Å². The summed E-state index contributed by atoms with van der Waals surface area (Å²) >= 11 is 1.72. The van der Waals surface area contributed by atoms with Gasteiger partial charge in [-0.3, -0.25) is 0 Å². The van der Waals surface area contributed by atoms with Crippen LogP contribution in [-0.4, -0.2) is 31.8 Å². The first-order chi connectivity index (χ1) is 8.99. The van der Waals surface area contributed by atoms with Crippen LogP contribution in [0.2, 0.25) is 0 Å². The van der Waals surface area contributed by atoms with Crippen LogP contribution in [0.5, 0.6) is 0 Å². The fourth-order valence-corrected chi connectivity index (χ4v) is 3.12. The summed E-state index contributed by atoms with van der Waals surface area (Å²) in [5, 5.41) is 1.08. The summed E-state index contributed by atoms with van der Waals surface area (Å²) in [5.41, 5.74) is 6.98. The van der Waals surface area contributed by atoms with Gasteiger partial charge in [-0.25, -0.2) is 4.98 Å². The van der Waals surface area contributed by atoms with Crippen molar-refractivity contribution >= 4 is 16.5 Å². The second kappa shape index (κ2) is 7.82. The molecule has 0 aliphatic heterocycles. The highest BCUT2D eigenvalue weighted by atomic mass is 32.1. The van der Waals surface area contributed by atoms with Gasteiger partial charge in [-0.2, -0.15) is 0 Å². The Morgan fingerprint density at radius 2 is 2.00 bits per heavy atom. The molecule has 0 aliphatic rings. The van der Waals surface area contributed by atoms with Crippen LogP contribution < -0.4 is 10.6 Å². The summed E-state index contributed by atoms with van der Waals surface area (Å²) in [7, 11) is 1.74. The molecule has 19 heavy (non-hydrogen) atoms. The van der Waals surface area contributed by atoms with Gasteiger partial charge in [-0.1, -0.05) is 27.7 Å². The predicted molar refractivity (Wildman–Crippen MR) is 83.0 cm³/mol. The molecule has 0 amide bonds. The Hall–Kier alpha value is -0.650. The molecule has 0 fully saturated rings. The molecule has 0 unspecified atom stereocenters. The topological polar surface area (TPSA) is 51.4 Å². The zero-order valence-corrected chi connectivity index (χ0v) is 13.6. The Morgan fingerprint density at radius 1 is 1.32 bits per heavy atom. The number of rotatable bonds is 8. The summed E-state index contributed by atoms with van der Waals surface area (Å²) in [6, 6.07) is 0. The SMILES string of the molecule is COCCN(CC(C)C)c1nc(C(C)C)c(CN)s1. The first-order valence-electron chi connectivity index (χ1n) is 6.93. The average Bonchev–Trinajstić information content (AvgIpc) is 2.78. The number of aromatic nitrogens is 1. The van der Waals surface area contributed by atoms with E-state index in [-0.39, 0.29) is 0 Å². The minimum absolute atomic E-state index is 0.423. The van der Waals surface area contributed by atoms with E-state index in [9.17, 15) is 0 Å². The van der Waals surface area contributed by atoms with Crippen molar-refractivity contribution in [2.75, 3.05) is 31.7 Å². The maximum Gasteiger partial charge on any atom is 0.185 e. The Bertz CT molecular complexity index is 377. The van der Waals surface area contributed by atoms with Gasteiger partial charge in [-0.15, -0.1) is 11.3 Å². The van der Waals surface area contributed by atoms with Crippen LogP contribution in [0.15, 0.2) is 0 Å². The van der Waals surface area contributed by atoms with Crippen molar-refractivity contribution in [2.45, 2.75) is 40.2 Å². The maximum absolute atomic E-state index is 5.83. The molecule has 4 nitrogen and oxygen atoms in total. The lowest BCUT2D eigenvalue weighted by atomic mass is 10.1. The molecule has 5 heteroatoms. The molecule has 110 valence electrons. The van der Waals surface area contributed by atoms with Gasteiger partial charge >= 0.3 is 0 Å². The highest BCUT2D eigenvalue weighted by molar-refractivity contribution is 7.15. The summed E-state index contributed by atoms with van der Waals surface area (Å²) in [5.74, 6) is 1.02. The lowest BCUT2D eigenvalue weighted by Crippen LogP contribution is -2.30. The van der Waals surface area contributed by atoms with Crippen LogP contribution in [0, 0.1) is 5.92 Å². The minimum atomic E-state index is 0.423. The Morgan fingerprint density at radius 3 is 2.42 bits per heavy atom. The van der Waals surface area contributed by atoms with Crippen molar-refractivity contribution in [3.05, 3.63) is 10.6 Å². The number of anilines is 1. The third kappa shape index (κ3) is 4.75. The van der Waals surface area contributed by atoms with E-state index < -0.39 is 0 Å². The lowest BCUT2D eigenvalue weighted by molar-refractivity contribution is 0.204. The number of thiazole rings is 1. The average molecular weight is 285 g/mol. The number of ether oxygens (including phenoxy) is 1. The predicted octanol–water partition coefficient (Wildman–Crippen LogP) is 2.83. The molecule has 0 bridgehead atoms. The van der Waals surface area contributed by atoms with Crippen molar-refractivity contribution in [2.24, 2.45) is 11.7 Å². The number of nitrogens with zero attached hydrogens (tertiary/aromatic N) is 2. The highest BCUT2D eigenvalue weighted by Crippen LogP contribution is 2.30. The van der Waals surface area contributed by atoms with Crippen LogP contribution in [0.3, 0.4) is 0 Å². The maximum atomic E-state index is 5.83. The highest BCUT2D eigenvalue weighted by Gasteiger charge is 2.18. The number of hydrogen-bond acceptors (Lipinski definition) is 5. The van der Waals surface area contributed by atoms with Gasteiger partial charge in [0, 0.05) is 31.6 Å². The smallest absolute Gasteiger partial charge is 0.185 e. The molecule has 1 aromatic rings. The summed E-state index contributed by atoms with van der Waals surface area (Å²) in [4.78, 5) is 8.31. The molecule has 0 radical (unpaired) electrons. The zero-order chi connectivity index (χ0) is 14.4. The second-order valence-corrected chi connectivity index (χ2v) is 6.56. The fraction of sp³-hybridized carbons (Fsp3) is 0.786. The largest absolute Gasteiger partial charge is 0.383 e. The number of hydrogen-bond donors (Lipinski definition) is 1. The van der Waals surface area contributed by atoms with E-state index in [1.54, 1.807) is 18.4 Å². The van der Waals surface area contributed by atoms with E-state index in [4.69, 9.17) is 15.5 Å². The van der Waals surface area contributed by atoms with E-state index in [0.717, 1.165) is 30.5 Å². The molecular formula is C14H27N3OS. The lowest BCUT2D eigenvalue weighted by Gasteiger charge is -2.23. The fourth-order valence-electron chi connectivity index (χ4n) is 1.99. The van der Waals surface area contributed by atoms with Gasteiger partial charge in [0.15, 0.2) is 5.13 Å². The quantitative estimate of drug-likeness (QED) is 0.798. The molecule has 0 saturated carbocycles. The number of methoxy groups -OCH3 is 1. The number of nitrogens with two attached hydrogens (primary N) is 1. The first-order valence-corrected chi connectivity index (χ1v) is 7.74. The Kier molecular flexibility index (Phi) is 6.75. The second-order valence-electron chi connectivity index (χ2n) is 5.50. The van der Waals surface area contributed by atoms with Crippen molar-refractivity contribution in [3.8, 4) is 0 Å². The molecule has 0 aromatic carbocycles. The van der Waals surface area contributed by atoms with Crippen LogP contribution in [0.25, 0.3) is 0 Å². The van der Waals surface area contributed by atoms with Crippen LogP contribution in [-0.2, 0) is 11.3 Å². The standard InChI is InChI=1S/C14H27N3OS/c1-10(2)9-17(6-7-18-5)14-16-13(11(3)4)12(8-15)19-14/h10-11H,6-9,15H2,1-5H3. The van der Waals surface area contributed by atoms with Gasteiger partial charge in [0.25, 0.3) is 0 Å². The first kappa shape index (κ1) is 16.4. The van der Waals surface area contributed by atoms with Crippen LogP contribution in [0.1, 0.15) is 44.2 Å². The minimum Gasteiger partial charge on any atom is -0.383 e. The molecule has 0 saturated heterocycles. The molecule has 1 heterocycles. The molecule has 1 rings (SSSR count). The third-order valence-electron chi connectivity index (χ3n) is 2.87. The van der Waals surface area contributed by atoms with Gasteiger partial charge in [-0.05, 0) is 11.8 Å².